The first-order chi connectivity index (χ1) is 12.5. The molecule has 0 N–H and O–H groups in total. The molecule has 0 spiro atoms. The molecule has 2 aromatic heterocycles. The molecule has 4 nitrogen and oxygen atoms in total. The number of hydrogen-bond acceptors (Lipinski definition) is 2. The van der Waals surface area contributed by atoms with Gasteiger partial charge in [0.2, 0.25) is 0 Å². The van der Waals surface area contributed by atoms with Crippen LogP contribution in [-0.2, 0) is 0 Å². The van der Waals surface area contributed by atoms with E-state index in [1.54, 1.807) is 6.20 Å². The molecule has 1 aliphatic rings. The summed E-state index contributed by atoms with van der Waals surface area (Å²) in [5, 5.41) is 1.42. The maximum atomic E-state index is 12.8. The van der Waals surface area contributed by atoms with E-state index in [1.807, 2.05) is 33.9 Å². The van der Waals surface area contributed by atoms with Crippen LogP contribution in [0.25, 0.3) is 16.7 Å². The number of rotatable bonds is 2. The highest BCUT2D eigenvalue weighted by molar-refractivity contribution is 6.35. The Hall–Kier alpha value is -2.33. The van der Waals surface area contributed by atoms with Gasteiger partial charge in [-0.25, -0.2) is 4.98 Å². The van der Waals surface area contributed by atoms with Crippen molar-refractivity contribution in [2.75, 3.05) is 13.1 Å². The van der Waals surface area contributed by atoms with Gasteiger partial charge in [0.05, 0.1) is 10.6 Å². The quantitative estimate of drug-likeness (QED) is 0.648. The van der Waals surface area contributed by atoms with E-state index in [-0.39, 0.29) is 5.91 Å². The van der Waals surface area contributed by atoms with Gasteiger partial charge in [-0.3, -0.25) is 9.36 Å². The lowest BCUT2D eigenvalue weighted by atomic mass is 9.99. The van der Waals surface area contributed by atoms with Crippen LogP contribution < -0.4 is 0 Å². The van der Waals surface area contributed by atoms with Crippen LogP contribution in [0, 0.1) is 12.8 Å². The summed E-state index contributed by atoms with van der Waals surface area (Å²) in [6.45, 7) is 5.93. The fourth-order valence-electron chi connectivity index (χ4n) is 3.48. The Labute approximate surface area is 158 Å². The molecule has 4 rings (SSSR count). The number of halogens is 1. The molecule has 3 aromatic rings. The topological polar surface area (TPSA) is 38.1 Å². The molecule has 3 heterocycles. The molecule has 5 heteroatoms. The Morgan fingerprint density at radius 3 is 2.58 bits per heavy atom. The van der Waals surface area contributed by atoms with E-state index in [2.05, 4.69) is 31.0 Å². The predicted molar refractivity (Wildman–Crippen MR) is 105 cm³/mol. The summed E-state index contributed by atoms with van der Waals surface area (Å²) < 4.78 is 1.97. The number of nitrogens with zero attached hydrogens (tertiary/aromatic N) is 3. The normalized spacial score (nSPS) is 15.6. The molecule has 1 aliphatic heterocycles. The van der Waals surface area contributed by atoms with Crippen molar-refractivity contribution in [2.45, 2.75) is 26.7 Å². The van der Waals surface area contributed by atoms with Gasteiger partial charge in [-0.05, 0) is 43.9 Å². The summed E-state index contributed by atoms with van der Waals surface area (Å²) >= 11 is 6.45. The maximum absolute atomic E-state index is 12.8. The summed E-state index contributed by atoms with van der Waals surface area (Å²) in [5.74, 6) is 0.739. The first kappa shape index (κ1) is 17.1. The number of amides is 1. The SMILES string of the molecule is Cc1ccc(-n2cc(Cl)c3cc(C(=O)N4CCC(C)CC4)cnc32)cc1. The Morgan fingerprint density at radius 2 is 1.88 bits per heavy atom. The summed E-state index contributed by atoms with van der Waals surface area (Å²) in [6, 6.07) is 10.1. The zero-order valence-corrected chi connectivity index (χ0v) is 15.8. The van der Waals surface area contributed by atoms with Crippen LogP contribution in [0.15, 0.2) is 42.7 Å². The predicted octanol–water partition coefficient (Wildman–Crippen LogP) is 4.86. The highest BCUT2D eigenvalue weighted by Crippen LogP contribution is 2.29. The first-order valence-corrected chi connectivity index (χ1v) is 9.43. The zero-order chi connectivity index (χ0) is 18.3. The highest BCUT2D eigenvalue weighted by Gasteiger charge is 2.22. The fraction of sp³-hybridized carbons (Fsp3) is 0.333. The van der Waals surface area contributed by atoms with Crippen molar-refractivity contribution in [2.24, 2.45) is 5.92 Å². The van der Waals surface area contributed by atoms with Crippen LogP contribution in [0.3, 0.4) is 0 Å². The molecule has 0 unspecified atom stereocenters. The van der Waals surface area contributed by atoms with Crippen LogP contribution in [0.1, 0.15) is 35.7 Å². The van der Waals surface area contributed by atoms with Gasteiger partial charge in [0.1, 0.15) is 5.65 Å². The molecule has 1 amide bonds. The zero-order valence-electron chi connectivity index (χ0n) is 15.1. The van der Waals surface area contributed by atoms with E-state index in [1.165, 1.54) is 5.56 Å². The fourth-order valence-corrected chi connectivity index (χ4v) is 3.72. The number of likely N-dealkylation sites (tertiary alicyclic amines) is 1. The van der Waals surface area contributed by atoms with Gasteiger partial charge in [-0.15, -0.1) is 0 Å². The Bertz CT molecular complexity index is 953. The second-order valence-electron chi connectivity index (χ2n) is 7.25. The maximum Gasteiger partial charge on any atom is 0.255 e. The lowest BCUT2D eigenvalue weighted by Gasteiger charge is -2.30. The third-order valence-electron chi connectivity index (χ3n) is 5.22. The number of aromatic nitrogens is 2. The van der Waals surface area contributed by atoms with Gasteiger partial charge in [-0.2, -0.15) is 0 Å². The monoisotopic (exact) mass is 367 g/mol. The second kappa shape index (κ2) is 6.76. The van der Waals surface area contributed by atoms with Crippen molar-refractivity contribution in [3.63, 3.8) is 0 Å². The summed E-state index contributed by atoms with van der Waals surface area (Å²) in [6.07, 6.45) is 5.66. The average Bonchev–Trinajstić information content (AvgIpc) is 2.99. The molecule has 1 aromatic carbocycles. The molecule has 134 valence electrons. The molecule has 0 saturated carbocycles. The summed E-state index contributed by atoms with van der Waals surface area (Å²) in [7, 11) is 0. The summed E-state index contributed by atoms with van der Waals surface area (Å²) in [5.41, 5.74) is 3.58. The number of hydrogen-bond donors (Lipinski definition) is 0. The number of piperidine rings is 1. The van der Waals surface area contributed by atoms with E-state index in [9.17, 15) is 4.79 Å². The number of benzene rings is 1. The Balaban J connectivity index is 1.69. The number of pyridine rings is 1. The number of carbonyl (C=O) groups is 1. The Morgan fingerprint density at radius 1 is 1.19 bits per heavy atom. The minimum absolute atomic E-state index is 0.0467. The molecule has 0 radical (unpaired) electrons. The lowest BCUT2D eigenvalue weighted by molar-refractivity contribution is 0.0697. The van der Waals surface area contributed by atoms with Crippen molar-refractivity contribution < 1.29 is 4.79 Å². The van der Waals surface area contributed by atoms with E-state index in [0.717, 1.165) is 42.7 Å². The lowest BCUT2D eigenvalue weighted by Crippen LogP contribution is -2.37. The Kier molecular flexibility index (Phi) is 4.45. The third-order valence-corrected chi connectivity index (χ3v) is 5.53. The molecule has 1 fully saturated rings. The van der Waals surface area contributed by atoms with Crippen LogP contribution in [0.2, 0.25) is 5.02 Å². The van der Waals surface area contributed by atoms with Crippen LogP contribution in [-0.4, -0.2) is 33.4 Å². The van der Waals surface area contributed by atoms with Gasteiger partial charge in [-0.1, -0.05) is 36.2 Å². The van der Waals surface area contributed by atoms with Crippen molar-refractivity contribution in [3.8, 4) is 5.69 Å². The number of carbonyl (C=O) groups excluding carboxylic acids is 1. The van der Waals surface area contributed by atoms with Crippen molar-refractivity contribution >= 4 is 28.5 Å². The first-order valence-electron chi connectivity index (χ1n) is 9.06. The average molecular weight is 368 g/mol. The second-order valence-corrected chi connectivity index (χ2v) is 7.66. The van der Waals surface area contributed by atoms with E-state index in [0.29, 0.717) is 16.5 Å². The molecule has 1 saturated heterocycles. The van der Waals surface area contributed by atoms with Crippen LogP contribution in [0.4, 0.5) is 0 Å². The van der Waals surface area contributed by atoms with Crippen molar-refractivity contribution in [1.29, 1.82) is 0 Å². The third kappa shape index (κ3) is 3.10. The van der Waals surface area contributed by atoms with E-state index >= 15 is 0 Å². The van der Waals surface area contributed by atoms with E-state index in [4.69, 9.17) is 11.6 Å². The standard InChI is InChI=1S/C21H22ClN3O/c1-14-3-5-17(6-4-14)25-13-19(22)18-11-16(12-23-20(18)25)21(26)24-9-7-15(2)8-10-24/h3-6,11-13,15H,7-10H2,1-2H3. The minimum atomic E-state index is 0.0467. The van der Waals surface area contributed by atoms with Crippen LogP contribution >= 0.6 is 11.6 Å². The van der Waals surface area contributed by atoms with Gasteiger partial charge < -0.3 is 4.90 Å². The highest BCUT2D eigenvalue weighted by atomic mass is 35.5. The minimum Gasteiger partial charge on any atom is -0.339 e. The molecule has 0 aliphatic carbocycles. The van der Waals surface area contributed by atoms with Gasteiger partial charge >= 0.3 is 0 Å². The van der Waals surface area contributed by atoms with Crippen molar-refractivity contribution in [1.82, 2.24) is 14.5 Å². The van der Waals surface area contributed by atoms with Crippen LogP contribution in [0.5, 0.6) is 0 Å². The number of aryl methyl sites for hydroxylation is 1. The van der Waals surface area contributed by atoms with Gasteiger partial charge in [0.25, 0.3) is 5.91 Å². The van der Waals surface area contributed by atoms with Crippen molar-refractivity contribution in [3.05, 3.63) is 58.9 Å². The van der Waals surface area contributed by atoms with E-state index < -0.39 is 0 Å². The molecular formula is C21H22ClN3O. The molecular weight excluding hydrogens is 346 g/mol. The summed E-state index contributed by atoms with van der Waals surface area (Å²) in [4.78, 5) is 19.3. The van der Waals surface area contributed by atoms with Gasteiger partial charge in [0, 0.05) is 36.6 Å². The smallest absolute Gasteiger partial charge is 0.255 e. The molecule has 0 atom stereocenters. The molecule has 26 heavy (non-hydrogen) atoms. The van der Waals surface area contributed by atoms with Gasteiger partial charge in [0.15, 0.2) is 0 Å². The largest absolute Gasteiger partial charge is 0.339 e. The number of fused-ring (bicyclic) bond motifs is 1. The molecule has 0 bridgehead atoms.